The van der Waals surface area contributed by atoms with Crippen LogP contribution in [0.25, 0.3) is 0 Å². The van der Waals surface area contributed by atoms with E-state index in [-0.39, 0.29) is 6.42 Å². The van der Waals surface area contributed by atoms with E-state index in [1.54, 1.807) is 0 Å². The number of aliphatic hydroxyl groups excluding tert-OH is 1. The highest BCUT2D eigenvalue weighted by molar-refractivity contribution is 5.76. The van der Waals surface area contributed by atoms with Gasteiger partial charge in [0.2, 0.25) is 0 Å². The summed E-state index contributed by atoms with van der Waals surface area (Å²) in [7, 11) is 0. The van der Waals surface area contributed by atoms with Gasteiger partial charge in [-0.25, -0.2) is 0 Å². The SMILES string of the molecule is O=NC(=O)CCCN1Cc2ccccc2C1O. The second-order valence-electron chi connectivity index (χ2n) is 4.13. The lowest BCUT2D eigenvalue weighted by Gasteiger charge is -2.19. The minimum Gasteiger partial charge on any atom is -0.374 e. The smallest absolute Gasteiger partial charge is 0.286 e. The minimum atomic E-state index is -0.629. The van der Waals surface area contributed by atoms with Gasteiger partial charge < -0.3 is 5.11 Å². The molecule has 2 rings (SSSR count). The first kappa shape index (κ1) is 11.9. The maximum Gasteiger partial charge on any atom is 0.286 e. The number of nitroso groups, excluding NO2 is 1. The first-order chi connectivity index (χ1) is 8.22. The maximum atomic E-state index is 10.7. The van der Waals surface area contributed by atoms with E-state index in [1.165, 1.54) is 0 Å². The summed E-state index contributed by atoms with van der Waals surface area (Å²) < 4.78 is 0. The van der Waals surface area contributed by atoms with Crippen LogP contribution in [0.4, 0.5) is 0 Å². The standard InChI is InChI=1S/C12H14N2O3/c15-11(13-17)6-3-7-14-8-9-4-1-2-5-10(9)12(14)16/h1-2,4-5,12,16H,3,6-8H2. The van der Waals surface area contributed by atoms with E-state index >= 15 is 0 Å². The van der Waals surface area contributed by atoms with Crippen molar-refractivity contribution in [2.24, 2.45) is 5.18 Å². The van der Waals surface area contributed by atoms with Gasteiger partial charge in [0.25, 0.3) is 5.91 Å². The molecule has 5 nitrogen and oxygen atoms in total. The molecule has 0 radical (unpaired) electrons. The van der Waals surface area contributed by atoms with Crippen molar-refractivity contribution in [1.82, 2.24) is 4.90 Å². The third-order valence-corrected chi connectivity index (χ3v) is 2.99. The van der Waals surface area contributed by atoms with E-state index in [4.69, 9.17) is 0 Å². The number of nitrogens with zero attached hydrogens (tertiary/aromatic N) is 2. The van der Waals surface area contributed by atoms with Gasteiger partial charge >= 0.3 is 0 Å². The number of amides is 1. The number of carbonyl (C=O) groups excluding carboxylic acids is 1. The molecule has 1 heterocycles. The zero-order valence-corrected chi connectivity index (χ0v) is 9.37. The molecule has 1 atom stereocenters. The van der Waals surface area contributed by atoms with Gasteiger partial charge in [0.05, 0.1) is 0 Å². The van der Waals surface area contributed by atoms with Crippen LogP contribution in [-0.4, -0.2) is 22.5 Å². The largest absolute Gasteiger partial charge is 0.374 e. The number of fused-ring (bicyclic) bond motifs is 1. The van der Waals surface area contributed by atoms with Crippen LogP contribution in [0.2, 0.25) is 0 Å². The van der Waals surface area contributed by atoms with Crippen LogP contribution in [0.5, 0.6) is 0 Å². The molecule has 0 saturated carbocycles. The van der Waals surface area contributed by atoms with E-state index in [0.717, 1.165) is 11.1 Å². The van der Waals surface area contributed by atoms with Gasteiger partial charge in [-0.2, -0.15) is 0 Å². The quantitative estimate of drug-likeness (QED) is 0.803. The van der Waals surface area contributed by atoms with Gasteiger partial charge in [-0.05, 0) is 17.5 Å². The normalized spacial score (nSPS) is 19.0. The van der Waals surface area contributed by atoms with Crippen molar-refractivity contribution in [2.75, 3.05) is 6.54 Å². The van der Waals surface area contributed by atoms with Crippen molar-refractivity contribution in [3.05, 3.63) is 40.3 Å². The number of hydrogen-bond donors (Lipinski definition) is 1. The van der Waals surface area contributed by atoms with E-state index in [0.29, 0.717) is 19.5 Å². The Balaban J connectivity index is 1.89. The molecule has 0 saturated heterocycles. The summed E-state index contributed by atoms with van der Waals surface area (Å²) in [6, 6.07) is 7.72. The van der Waals surface area contributed by atoms with E-state index in [1.807, 2.05) is 29.2 Å². The maximum absolute atomic E-state index is 10.7. The average Bonchev–Trinajstić information content (AvgIpc) is 2.67. The Hall–Kier alpha value is -1.59. The highest BCUT2D eigenvalue weighted by atomic mass is 16.3. The van der Waals surface area contributed by atoms with Gasteiger partial charge in [-0.1, -0.05) is 24.3 Å². The third kappa shape index (κ3) is 2.57. The molecule has 90 valence electrons. The van der Waals surface area contributed by atoms with Crippen LogP contribution in [0.3, 0.4) is 0 Å². The van der Waals surface area contributed by atoms with E-state index < -0.39 is 12.1 Å². The number of carbonyl (C=O) groups is 1. The summed E-state index contributed by atoms with van der Waals surface area (Å²) in [5.74, 6) is -0.629. The summed E-state index contributed by atoms with van der Waals surface area (Å²) >= 11 is 0. The lowest BCUT2D eigenvalue weighted by Crippen LogP contribution is -2.23. The predicted molar refractivity (Wildman–Crippen MR) is 61.8 cm³/mol. The molecule has 5 heteroatoms. The Morgan fingerprint density at radius 3 is 2.94 bits per heavy atom. The molecule has 1 aromatic rings. The van der Waals surface area contributed by atoms with Crippen molar-refractivity contribution in [1.29, 1.82) is 0 Å². The van der Waals surface area contributed by atoms with Crippen LogP contribution in [0, 0.1) is 4.91 Å². The van der Waals surface area contributed by atoms with Gasteiger partial charge in [-0.3, -0.25) is 9.69 Å². The van der Waals surface area contributed by atoms with Gasteiger partial charge in [0, 0.05) is 24.7 Å². The summed E-state index contributed by atoms with van der Waals surface area (Å²) in [4.78, 5) is 22.5. The minimum absolute atomic E-state index is 0.142. The Bertz CT molecular complexity index is 434. The zero-order chi connectivity index (χ0) is 12.3. The van der Waals surface area contributed by atoms with E-state index in [2.05, 4.69) is 5.18 Å². The fourth-order valence-electron chi connectivity index (χ4n) is 2.11. The number of rotatable bonds is 4. The highest BCUT2D eigenvalue weighted by Gasteiger charge is 2.27. The molecule has 0 aromatic heterocycles. The molecule has 0 spiro atoms. The Morgan fingerprint density at radius 1 is 1.47 bits per heavy atom. The van der Waals surface area contributed by atoms with Gasteiger partial charge in [0.15, 0.2) is 0 Å². The second-order valence-corrected chi connectivity index (χ2v) is 4.13. The van der Waals surface area contributed by atoms with Gasteiger partial charge in [-0.15, -0.1) is 4.91 Å². The molecule has 0 bridgehead atoms. The lowest BCUT2D eigenvalue weighted by atomic mass is 10.1. The predicted octanol–water partition coefficient (Wildman–Crippen LogP) is 1.57. The summed E-state index contributed by atoms with van der Waals surface area (Å²) in [5.41, 5.74) is 2.03. The van der Waals surface area contributed by atoms with Crippen LogP contribution in [0.1, 0.15) is 30.2 Å². The second kappa shape index (κ2) is 5.16. The fourth-order valence-corrected chi connectivity index (χ4v) is 2.11. The van der Waals surface area contributed by atoms with Crippen LogP contribution in [0.15, 0.2) is 29.4 Å². The molecule has 1 amide bonds. The molecule has 1 unspecified atom stereocenters. The number of aliphatic hydroxyl groups is 1. The first-order valence-electron chi connectivity index (χ1n) is 5.58. The van der Waals surface area contributed by atoms with Crippen LogP contribution >= 0.6 is 0 Å². The molecule has 1 N–H and O–H groups in total. The Morgan fingerprint density at radius 2 is 2.24 bits per heavy atom. The summed E-state index contributed by atoms with van der Waals surface area (Å²) in [6.45, 7) is 1.26. The van der Waals surface area contributed by atoms with Crippen molar-refractivity contribution in [3.63, 3.8) is 0 Å². The van der Waals surface area contributed by atoms with Crippen LogP contribution in [-0.2, 0) is 11.3 Å². The van der Waals surface area contributed by atoms with E-state index in [9.17, 15) is 14.8 Å². The lowest BCUT2D eigenvalue weighted by molar-refractivity contribution is -0.118. The monoisotopic (exact) mass is 234 g/mol. The summed E-state index contributed by atoms with van der Waals surface area (Å²) in [6.07, 6.45) is 0.0732. The van der Waals surface area contributed by atoms with Crippen molar-refractivity contribution < 1.29 is 9.90 Å². The zero-order valence-electron chi connectivity index (χ0n) is 9.37. The molecular weight excluding hydrogens is 220 g/mol. The summed E-state index contributed by atoms with van der Waals surface area (Å²) in [5, 5.41) is 12.4. The first-order valence-corrected chi connectivity index (χ1v) is 5.58. The Labute approximate surface area is 99.0 Å². The molecule has 1 aliphatic rings. The number of benzene rings is 1. The van der Waals surface area contributed by atoms with Crippen molar-refractivity contribution >= 4 is 5.91 Å². The van der Waals surface area contributed by atoms with Crippen LogP contribution < -0.4 is 0 Å². The topological polar surface area (TPSA) is 70.0 Å². The molecular formula is C12H14N2O3. The molecule has 17 heavy (non-hydrogen) atoms. The highest BCUT2D eigenvalue weighted by Crippen LogP contribution is 2.31. The van der Waals surface area contributed by atoms with Gasteiger partial charge in [0.1, 0.15) is 6.23 Å². The van der Waals surface area contributed by atoms with Crippen molar-refractivity contribution in [3.8, 4) is 0 Å². The molecule has 1 aliphatic heterocycles. The molecule has 0 aliphatic carbocycles. The molecule has 1 aromatic carbocycles. The fraction of sp³-hybridized carbons (Fsp3) is 0.417. The Kier molecular flexibility index (Phi) is 3.61. The third-order valence-electron chi connectivity index (χ3n) is 2.99. The average molecular weight is 234 g/mol. The van der Waals surface area contributed by atoms with Crippen molar-refractivity contribution in [2.45, 2.75) is 25.6 Å². The molecule has 0 fully saturated rings. The number of hydrogen-bond acceptors (Lipinski definition) is 4.